The molecule has 0 fully saturated rings. The molecular weight excluding hydrogens is 312 g/mol. The number of nitrogens with zero attached hydrogens (tertiary/aromatic N) is 3. The summed E-state index contributed by atoms with van der Waals surface area (Å²) in [6.45, 7) is 5.60. The fraction of sp³-hybridized carbons (Fsp3) is 0.438. The van der Waals surface area contributed by atoms with E-state index in [1.807, 2.05) is 18.7 Å². The predicted molar refractivity (Wildman–Crippen MR) is 88.8 cm³/mol. The highest BCUT2D eigenvalue weighted by Gasteiger charge is 2.33. The van der Waals surface area contributed by atoms with Crippen molar-refractivity contribution in [2.45, 2.75) is 20.4 Å². The topological polar surface area (TPSA) is 106 Å². The third kappa shape index (κ3) is 3.39. The maximum absolute atomic E-state index is 12.8. The average Bonchev–Trinajstić information content (AvgIpc) is 2.61. The van der Waals surface area contributed by atoms with Gasteiger partial charge in [0.1, 0.15) is 6.61 Å². The maximum Gasteiger partial charge on any atom is 0.440 e. The second-order valence-corrected chi connectivity index (χ2v) is 5.35. The Hall–Kier alpha value is -2.45. The summed E-state index contributed by atoms with van der Waals surface area (Å²) < 4.78 is 1.54. The fourth-order valence-corrected chi connectivity index (χ4v) is 2.59. The standard InChI is InChI=1S/C16H22N4O4/c1-3-18(4-2)11-14-15(16(22)17-9-10-21)20(24)13-8-6-5-7-12(13)19(14)23/h5-8,21,23H,3-4,9-11H2,1-2H3/p+2. The lowest BCUT2D eigenvalue weighted by Gasteiger charge is -2.18. The van der Waals surface area contributed by atoms with Crippen molar-refractivity contribution < 1.29 is 24.8 Å². The second kappa shape index (κ2) is 7.89. The minimum atomic E-state index is -0.380. The summed E-state index contributed by atoms with van der Waals surface area (Å²) in [4.78, 5) is 17.4. The molecule has 0 aliphatic rings. The number of rotatable bonds is 7. The monoisotopic (exact) mass is 336 g/mol. The van der Waals surface area contributed by atoms with Crippen LogP contribution in [-0.2, 0) is 6.54 Å². The molecule has 1 heterocycles. The average molecular weight is 336 g/mol. The van der Waals surface area contributed by atoms with Crippen LogP contribution < -0.4 is 9.42 Å². The van der Waals surface area contributed by atoms with E-state index in [2.05, 4.69) is 4.99 Å². The molecular formula is C16H24N4O4+2. The summed E-state index contributed by atoms with van der Waals surface area (Å²) in [5.74, 6) is -0.380. The second-order valence-electron chi connectivity index (χ2n) is 5.35. The van der Waals surface area contributed by atoms with Crippen molar-refractivity contribution in [2.24, 2.45) is 0 Å². The van der Waals surface area contributed by atoms with Crippen LogP contribution in [0.25, 0.3) is 11.0 Å². The zero-order chi connectivity index (χ0) is 17.7. The molecule has 0 saturated carbocycles. The van der Waals surface area contributed by atoms with Gasteiger partial charge >= 0.3 is 11.6 Å². The summed E-state index contributed by atoms with van der Waals surface area (Å²) in [7, 11) is 0. The number of aromatic nitrogens is 2. The smallest absolute Gasteiger partial charge is 0.440 e. The number of para-hydroxylation sites is 2. The number of aliphatic hydroxyl groups is 2. The van der Waals surface area contributed by atoms with Crippen molar-refractivity contribution in [2.75, 3.05) is 26.2 Å². The van der Waals surface area contributed by atoms with Gasteiger partial charge in [-0.3, -0.25) is 4.90 Å². The first-order chi connectivity index (χ1) is 11.5. The van der Waals surface area contributed by atoms with E-state index in [4.69, 9.17) is 5.11 Å². The Balaban J connectivity index is 2.75. The van der Waals surface area contributed by atoms with Crippen LogP contribution in [0.4, 0.5) is 0 Å². The fourth-order valence-electron chi connectivity index (χ4n) is 2.59. The van der Waals surface area contributed by atoms with E-state index in [0.717, 1.165) is 17.8 Å². The highest BCUT2D eigenvalue weighted by atomic mass is 16.5. The van der Waals surface area contributed by atoms with Gasteiger partial charge in [-0.1, -0.05) is 26.0 Å². The molecule has 0 aliphatic heterocycles. The summed E-state index contributed by atoms with van der Waals surface area (Å²) in [6, 6.07) is 6.61. The van der Waals surface area contributed by atoms with Gasteiger partial charge in [0, 0.05) is 17.5 Å². The van der Waals surface area contributed by atoms with E-state index in [1.165, 1.54) is 0 Å². The molecule has 0 saturated heterocycles. The van der Waals surface area contributed by atoms with Crippen LogP contribution in [0.15, 0.2) is 24.3 Å². The molecule has 4 N–H and O–H groups in total. The summed E-state index contributed by atoms with van der Waals surface area (Å²) in [5, 5.41) is 29.8. The number of hydrogen-bond acceptors (Lipinski definition) is 4. The van der Waals surface area contributed by atoms with Crippen LogP contribution in [0, 0.1) is 4.91 Å². The lowest BCUT2D eigenvalue weighted by atomic mass is 10.2. The van der Waals surface area contributed by atoms with Gasteiger partial charge < -0.3 is 15.4 Å². The molecule has 2 rings (SSSR count). The van der Waals surface area contributed by atoms with Gasteiger partial charge in [0.15, 0.2) is 17.8 Å². The Morgan fingerprint density at radius 1 is 1.29 bits per heavy atom. The number of fused-ring (bicyclic) bond motifs is 1. The molecule has 0 atom stereocenters. The first-order valence-corrected chi connectivity index (χ1v) is 7.96. The van der Waals surface area contributed by atoms with Gasteiger partial charge in [0.05, 0.1) is 4.43 Å². The molecule has 0 aliphatic carbocycles. The minimum absolute atomic E-state index is 0.0587. The van der Waals surface area contributed by atoms with E-state index in [-0.39, 0.29) is 42.5 Å². The van der Waals surface area contributed by atoms with E-state index in [9.17, 15) is 15.2 Å². The quantitative estimate of drug-likeness (QED) is 0.225. The van der Waals surface area contributed by atoms with Crippen LogP contribution in [-0.4, -0.2) is 57.2 Å². The zero-order valence-electron chi connectivity index (χ0n) is 13.9. The van der Waals surface area contributed by atoms with E-state index >= 15 is 0 Å². The normalized spacial score (nSPS) is 12.2. The van der Waals surface area contributed by atoms with E-state index in [1.54, 1.807) is 24.3 Å². The van der Waals surface area contributed by atoms with Crippen LogP contribution >= 0.6 is 0 Å². The lowest BCUT2D eigenvalue weighted by Crippen LogP contribution is -2.75. The van der Waals surface area contributed by atoms with Crippen LogP contribution in [0.1, 0.15) is 25.2 Å². The van der Waals surface area contributed by atoms with Gasteiger partial charge in [-0.2, -0.15) is 4.73 Å². The van der Waals surface area contributed by atoms with Crippen molar-refractivity contribution in [3.8, 4) is 0 Å². The van der Waals surface area contributed by atoms with Gasteiger partial charge in [-0.05, 0) is 19.2 Å². The molecule has 8 heteroatoms. The van der Waals surface area contributed by atoms with Crippen LogP contribution in [0.2, 0.25) is 0 Å². The van der Waals surface area contributed by atoms with Gasteiger partial charge in [0.25, 0.3) is 5.52 Å². The first-order valence-electron chi connectivity index (χ1n) is 7.96. The van der Waals surface area contributed by atoms with Crippen molar-refractivity contribution >= 4 is 16.9 Å². The molecule has 0 spiro atoms. The van der Waals surface area contributed by atoms with Crippen molar-refractivity contribution in [1.82, 2.24) is 9.63 Å². The molecule has 1 aromatic carbocycles. The predicted octanol–water partition coefficient (Wildman–Crippen LogP) is -0.988. The minimum Gasteiger partial charge on any atom is -0.455 e. The number of nitrogens with one attached hydrogen (secondary N) is 1. The van der Waals surface area contributed by atoms with Crippen molar-refractivity contribution in [3.63, 3.8) is 0 Å². The summed E-state index contributed by atoms with van der Waals surface area (Å²) >= 11 is 0. The third-order valence-electron chi connectivity index (χ3n) is 3.96. The number of aliphatic hydroxyl groups excluding tert-OH is 2. The zero-order valence-corrected chi connectivity index (χ0v) is 13.9. The van der Waals surface area contributed by atoms with Crippen LogP contribution in [0.5, 0.6) is 0 Å². The molecule has 0 radical (unpaired) electrons. The molecule has 8 nitrogen and oxygen atoms in total. The Kier molecular flexibility index (Phi) is 5.88. The van der Waals surface area contributed by atoms with Crippen molar-refractivity contribution in [3.05, 3.63) is 40.6 Å². The highest BCUT2D eigenvalue weighted by molar-refractivity contribution is 5.87. The summed E-state index contributed by atoms with van der Waals surface area (Å²) in [5.41, 5.74) is 0.802. The Morgan fingerprint density at radius 3 is 2.58 bits per heavy atom. The number of benzene rings is 1. The van der Waals surface area contributed by atoms with E-state index < -0.39 is 0 Å². The summed E-state index contributed by atoms with van der Waals surface area (Å²) in [6.07, 6.45) is 0. The van der Waals surface area contributed by atoms with Crippen molar-refractivity contribution in [1.29, 1.82) is 0 Å². The molecule has 1 aromatic heterocycles. The SMILES string of the molecule is CCN(CC)Cc1c(C(O)=[NH+]CCO)[n+](=O)c2ccccc2n1O. The molecule has 0 bridgehead atoms. The van der Waals surface area contributed by atoms with Gasteiger partial charge in [-0.25, -0.2) is 4.99 Å². The first kappa shape index (κ1) is 17.9. The Morgan fingerprint density at radius 2 is 1.96 bits per heavy atom. The maximum atomic E-state index is 12.8. The molecule has 2 aromatic rings. The van der Waals surface area contributed by atoms with Gasteiger partial charge in [0.2, 0.25) is 0 Å². The molecule has 130 valence electrons. The third-order valence-corrected chi connectivity index (χ3v) is 3.96. The van der Waals surface area contributed by atoms with E-state index in [0.29, 0.717) is 9.94 Å². The Labute approximate surface area is 139 Å². The molecule has 0 amide bonds. The molecule has 0 unspecified atom stereocenters. The lowest BCUT2D eigenvalue weighted by molar-refractivity contribution is -0.497. The van der Waals surface area contributed by atoms with Crippen LogP contribution in [0.3, 0.4) is 0 Å². The molecule has 24 heavy (non-hydrogen) atoms. The number of hydrogen-bond donors (Lipinski definition) is 4. The highest BCUT2D eigenvalue weighted by Crippen LogP contribution is 2.15. The Bertz CT molecular complexity index is 796. The largest absolute Gasteiger partial charge is 0.455 e. The van der Waals surface area contributed by atoms with Gasteiger partial charge in [-0.15, -0.1) is 0 Å².